The molecule has 4 amide bonds. The Morgan fingerprint density at radius 2 is 1.67 bits per heavy atom. The Bertz CT molecular complexity index is 1530. The number of carbonyl (C=O) groups excluding carboxylic acids is 3. The van der Waals surface area contributed by atoms with Crippen molar-refractivity contribution in [3.05, 3.63) is 120 Å². The quantitative estimate of drug-likeness (QED) is 0.383. The molecule has 3 aliphatic heterocycles. The maximum absolute atomic E-state index is 14.4. The first-order valence-corrected chi connectivity index (χ1v) is 14.5. The van der Waals surface area contributed by atoms with Gasteiger partial charge in [0.25, 0.3) is 5.91 Å². The molecular weight excluding hydrogens is 544 g/mol. The Morgan fingerprint density at radius 3 is 2.40 bits per heavy atom. The molecule has 0 aliphatic carbocycles. The number of morpholine rings is 1. The summed E-state index contributed by atoms with van der Waals surface area (Å²) in [5.41, 5.74) is 2.69. The van der Waals surface area contributed by atoms with E-state index >= 15 is 0 Å². The first-order valence-electron chi connectivity index (χ1n) is 14.5. The van der Waals surface area contributed by atoms with Gasteiger partial charge in [-0.2, -0.15) is 0 Å². The second kappa shape index (κ2) is 12.5. The number of hydrogen-bond donors (Lipinski definition) is 1. The molecule has 3 aromatic rings. The highest BCUT2D eigenvalue weighted by atomic mass is 16.5. The van der Waals surface area contributed by atoms with E-state index in [0.29, 0.717) is 61.1 Å². The van der Waals surface area contributed by atoms with Crippen LogP contribution in [0.5, 0.6) is 11.5 Å². The predicted octanol–water partition coefficient (Wildman–Crippen LogP) is 4.30. The van der Waals surface area contributed by atoms with Crippen LogP contribution in [0.4, 0.5) is 4.79 Å². The van der Waals surface area contributed by atoms with Gasteiger partial charge in [-0.1, -0.05) is 66.7 Å². The Balaban J connectivity index is 1.35. The van der Waals surface area contributed by atoms with Crippen LogP contribution in [0, 0.1) is 0 Å². The molecule has 9 nitrogen and oxygen atoms in total. The van der Waals surface area contributed by atoms with E-state index in [4.69, 9.17) is 9.47 Å². The standard InChI is InChI=1S/C34H34N4O5/c1-2-16-37-29-23-38(28(21-24-10-5-3-6-11-24)32(39)36-17-19-42-20-18-36)33(40)30(29)31(35-34(37)41)25-12-9-15-27(22-25)43-26-13-7-4-8-14-26/h2-15,22,28,31H,1,16-21,23H2,(H,35,41)/t28-,31+/m1/s1. The lowest BCUT2D eigenvalue weighted by molar-refractivity contribution is -0.145. The zero-order valence-corrected chi connectivity index (χ0v) is 23.9. The van der Waals surface area contributed by atoms with Crippen molar-refractivity contribution in [2.24, 2.45) is 0 Å². The van der Waals surface area contributed by atoms with E-state index < -0.39 is 12.1 Å². The fourth-order valence-electron chi connectivity index (χ4n) is 5.88. The number of para-hydroxylation sites is 1. The van der Waals surface area contributed by atoms with E-state index in [0.717, 1.165) is 5.56 Å². The van der Waals surface area contributed by atoms with Crippen molar-refractivity contribution < 1.29 is 23.9 Å². The van der Waals surface area contributed by atoms with E-state index in [-0.39, 0.29) is 30.9 Å². The van der Waals surface area contributed by atoms with Crippen LogP contribution in [0.3, 0.4) is 0 Å². The molecule has 0 spiro atoms. The van der Waals surface area contributed by atoms with Gasteiger partial charge in [0.2, 0.25) is 5.91 Å². The second-order valence-electron chi connectivity index (χ2n) is 10.7. The van der Waals surface area contributed by atoms with Gasteiger partial charge >= 0.3 is 6.03 Å². The SMILES string of the molecule is C=CCN1C(=O)N[C@@H](c2cccc(Oc3ccccc3)c2)C2=C1CN([C@H](Cc1ccccc1)C(=O)N1CCOCC1)C2=O. The number of ether oxygens (including phenoxy) is 2. The van der Waals surface area contributed by atoms with Crippen molar-refractivity contribution in [3.63, 3.8) is 0 Å². The fraction of sp³-hybridized carbons (Fsp3) is 0.265. The van der Waals surface area contributed by atoms with Crippen molar-refractivity contribution >= 4 is 17.8 Å². The summed E-state index contributed by atoms with van der Waals surface area (Å²) >= 11 is 0. The van der Waals surface area contributed by atoms with Crippen LogP contribution in [-0.2, 0) is 20.7 Å². The first kappa shape index (κ1) is 28.2. The molecule has 3 aliphatic rings. The monoisotopic (exact) mass is 578 g/mol. The Kier molecular flexibility index (Phi) is 8.24. The molecule has 9 heteroatoms. The minimum atomic E-state index is -0.743. The average molecular weight is 579 g/mol. The molecule has 0 aromatic heterocycles. The van der Waals surface area contributed by atoms with E-state index in [1.54, 1.807) is 20.8 Å². The molecule has 3 aromatic carbocycles. The van der Waals surface area contributed by atoms with Gasteiger partial charge in [0.05, 0.1) is 37.1 Å². The van der Waals surface area contributed by atoms with Gasteiger partial charge in [-0.25, -0.2) is 4.79 Å². The second-order valence-corrected chi connectivity index (χ2v) is 10.7. The number of amides is 4. The smallest absolute Gasteiger partial charge is 0.322 e. The minimum absolute atomic E-state index is 0.121. The average Bonchev–Trinajstić information content (AvgIpc) is 3.38. The largest absolute Gasteiger partial charge is 0.457 e. The molecule has 1 fully saturated rings. The summed E-state index contributed by atoms with van der Waals surface area (Å²) in [6, 6.07) is 24.7. The highest BCUT2D eigenvalue weighted by Gasteiger charge is 2.47. The number of rotatable bonds is 9. The van der Waals surface area contributed by atoms with Crippen molar-refractivity contribution in [2.75, 3.05) is 39.4 Å². The third-order valence-corrected chi connectivity index (χ3v) is 7.99. The highest BCUT2D eigenvalue weighted by Crippen LogP contribution is 2.39. The van der Waals surface area contributed by atoms with Crippen LogP contribution in [0.15, 0.2) is 109 Å². The molecule has 6 rings (SSSR count). The summed E-state index contributed by atoms with van der Waals surface area (Å²) in [7, 11) is 0. The molecule has 2 atom stereocenters. The van der Waals surface area contributed by atoms with E-state index in [2.05, 4.69) is 11.9 Å². The molecule has 0 saturated carbocycles. The van der Waals surface area contributed by atoms with Crippen molar-refractivity contribution in [1.29, 1.82) is 0 Å². The Labute approximate surface area is 251 Å². The molecule has 1 saturated heterocycles. The number of urea groups is 1. The van der Waals surface area contributed by atoms with Crippen molar-refractivity contribution in [2.45, 2.75) is 18.5 Å². The van der Waals surface area contributed by atoms with Crippen LogP contribution in [-0.4, -0.2) is 78.0 Å². The van der Waals surface area contributed by atoms with Gasteiger partial charge in [0.1, 0.15) is 17.5 Å². The van der Waals surface area contributed by atoms with Gasteiger partial charge in [-0.05, 0) is 35.4 Å². The summed E-state index contributed by atoms with van der Waals surface area (Å²) in [5.74, 6) is 0.869. The maximum atomic E-state index is 14.4. The van der Waals surface area contributed by atoms with Gasteiger partial charge in [0, 0.05) is 26.1 Å². The molecular formula is C34H34N4O5. The lowest BCUT2D eigenvalue weighted by Gasteiger charge is -2.35. The summed E-state index contributed by atoms with van der Waals surface area (Å²) in [6.07, 6.45) is 1.99. The molecule has 0 unspecified atom stereocenters. The fourth-order valence-corrected chi connectivity index (χ4v) is 5.88. The third kappa shape index (κ3) is 5.89. The lowest BCUT2D eigenvalue weighted by Crippen LogP contribution is -2.53. The van der Waals surface area contributed by atoms with Gasteiger partial charge in [0.15, 0.2) is 0 Å². The molecule has 0 radical (unpaired) electrons. The third-order valence-electron chi connectivity index (χ3n) is 7.99. The van der Waals surface area contributed by atoms with E-state index in [9.17, 15) is 14.4 Å². The predicted molar refractivity (Wildman–Crippen MR) is 161 cm³/mol. The van der Waals surface area contributed by atoms with Gasteiger partial charge in [-0.3, -0.25) is 14.5 Å². The Hall–Kier alpha value is -4.89. The van der Waals surface area contributed by atoms with Gasteiger partial charge < -0.3 is 24.6 Å². The maximum Gasteiger partial charge on any atom is 0.322 e. The molecule has 3 heterocycles. The summed E-state index contributed by atoms with van der Waals surface area (Å²) in [5, 5.41) is 3.03. The van der Waals surface area contributed by atoms with E-state index in [1.165, 1.54) is 0 Å². The van der Waals surface area contributed by atoms with Gasteiger partial charge in [-0.15, -0.1) is 6.58 Å². The van der Waals surface area contributed by atoms with E-state index in [1.807, 2.05) is 84.9 Å². The zero-order valence-electron chi connectivity index (χ0n) is 23.9. The number of carbonyl (C=O) groups is 3. The molecule has 220 valence electrons. The highest BCUT2D eigenvalue weighted by molar-refractivity contribution is 6.03. The molecule has 1 N–H and O–H groups in total. The summed E-state index contributed by atoms with van der Waals surface area (Å²) < 4.78 is 11.5. The van der Waals surface area contributed by atoms with Crippen LogP contribution in [0.25, 0.3) is 0 Å². The number of hydrogen-bond acceptors (Lipinski definition) is 5. The lowest BCUT2D eigenvalue weighted by atomic mass is 9.95. The number of benzene rings is 3. The minimum Gasteiger partial charge on any atom is -0.457 e. The zero-order chi connectivity index (χ0) is 29.8. The van der Waals surface area contributed by atoms with Crippen LogP contribution in [0.2, 0.25) is 0 Å². The Morgan fingerprint density at radius 1 is 0.977 bits per heavy atom. The topological polar surface area (TPSA) is 91.4 Å². The van der Waals surface area contributed by atoms with Crippen molar-refractivity contribution in [1.82, 2.24) is 20.0 Å². The molecule has 43 heavy (non-hydrogen) atoms. The normalized spacial score (nSPS) is 19.2. The summed E-state index contributed by atoms with van der Waals surface area (Å²) in [6.45, 7) is 6.05. The number of nitrogens with one attached hydrogen (secondary N) is 1. The number of nitrogens with zero attached hydrogens (tertiary/aromatic N) is 3. The molecule has 0 bridgehead atoms. The van der Waals surface area contributed by atoms with Crippen LogP contribution >= 0.6 is 0 Å². The van der Waals surface area contributed by atoms with Crippen LogP contribution < -0.4 is 10.1 Å². The first-order chi connectivity index (χ1) is 21.0. The van der Waals surface area contributed by atoms with Crippen LogP contribution in [0.1, 0.15) is 17.2 Å². The van der Waals surface area contributed by atoms with Crippen molar-refractivity contribution in [3.8, 4) is 11.5 Å². The summed E-state index contributed by atoms with van der Waals surface area (Å²) in [4.78, 5) is 46.8.